The first kappa shape index (κ1) is 24.6. The normalized spacial score (nSPS) is 17.8. The van der Waals surface area contributed by atoms with E-state index in [1.165, 1.54) is 50.0 Å². The predicted molar refractivity (Wildman–Crippen MR) is 135 cm³/mol. The number of rotatable bonds is 8. The Labute approximate surface area is 211 Å². The van der Waals surface area contributed by atoms with Crippen molar-refractivity contribution in [2.45, 2.75) is 51.7 Å². The van der Waals surface area contributed by atoms with Crippen molar-refractivity contribution in [2.24, 2.45) is 5.92 Å². The second kappa shape index (κ2) is 11.8. The minimum Gasteiger partial charge on any atom is -0.352 e. The number of halogens is 1. The Hall–Kier alpha value is -3.10. The molecule has 0 bridgehead atoms. The predicted octanol–water partition coefficient (Wildman–Crippen LogP) is 4.39. The summed E-state index contributed by atoms with van der Waals surface area (Å²) in [5.74, 6) is 0.847. The van der Waals surface area contributed by atoms with Crippen LogP contribution in [0.1, 0.15) is 49.1 Å². The molecule has 2 saturated heterocycles. The zero-order valence-corrected chi connectivity index (χ0v) is 20.7. The van der Waals surface area contributed by atoms with E-state index in [0.717, 1.165) is 43.6 Å². The van der Waals surface area contributed by atoms with Crippen molar-refractivity contribution in [3.63, 3.8) is 0 Å². The molecule has 3 aromatic rings. The van der Waals surface area contributed by atoms with Crippen LogP contribution < -0.4 is 5.32 Å². The van der Waals surface area contributed by atoms with Crippen LogP contribution in [-0.2, 0) is 24.4 Å². The SMILES string of the molecule is O=C(NCc1cccc(CN2CCCCC2)c1)C1CCN(Cc2nc(-c3ccc(F)cc3)no2)CC1. The molecule has 2 aliphatic rings. The number of nitrogens with one attached hydrogen (secondary N) is 1. The second-order valence-electron chi connectivity index (χ2n) is 9.94. The number of carbonyl (C=O) groups is 1. The van der Waals surface area contributed by atoms with Gasteiger partial charge in [-0.1, -0.05) is 35.8 Å². The van der Waals surface area contributed by atoms with Gasteiger partial charge in [0.1, 0.15) is 5.82 Å². The number of piperidine rings is 2. The maximum Gasteiger partial charge on any atom is 0.241 e. The average Bonchev–Trinajstić information content (AvgIpc) is 3.37. The lowest BCUT2D eigenvalue weighted by Crippen LogP contribution is -2.40. The summed E-state index contributed by atoms with van der Waals surface area (Å²) in [5, 5.41) is 7.17. The number of likely N-dealkylation sites (tertiary alicyclic amines) is 2. The molecule has 1 N–H and O–H groups in total. The van der Waals surface area contributed by atoms with Gasteiger partial charge in [0.05, 0.1) is 6.54 Å². The summed E-state index contributed by atoms with van der Waals surface area (Å²) in [6.07, 6.45) is 5.54. The zero-order valence-electron chi connectivity index (χ0n) is 20.7. The molecule has 1 amide bonds. The molecular weight excluding hydrogens is 457 g/mol. The van der Waals surface area contributed by atoms with E-state index in [-0.39, 0.29) is 17.6 Å². The summed E-state index contributed by atoms with van der Waals surface area (Å²) in [6, 6.07) is 14.6. The fraction of sp³-hybridized carbons (Fsp3) is 0.464. The monoisotopic (exact) mass is 491 g/mol. The average molecular weight is 492 g/mol. The maximum absolute atomic E-state index is 13.1. The quantitative estimate of drug-likeness (QED) is 0.504. The summed E-state index contributed by atoms with van der Waals surface area (Å²) in [6.45, 7) is 6.08. The topological polar surface area (TPSA) is 74.5 Å². The highest BCUT2D eigenvalue weighted by Gasteiger charge is 2.26. The minimum absolute atomic E-state index is 0.0234. The van der Waals surface area contributed by atoms with E-state index in [2.05, 4.69) is 49.5 Å². The van der Waals surface area contributed by atoms with E-state index in [1.807, 2.05) is 0 Å². The molecule has 7 nitrogen and oxygen atoms in total. The van der Waals surface area contributed by atoms with Crippen molar-refractivity contribution >= 4 is 5.91 Å². The van der Waals surface area contributed by atoms with Crippen molar-refractivity contribution in [3.8, 4) is 11.4 Å². The Morgan fingerprint density at radius 3 is 2.44 bits per heavy atom. The highest BCUT2D eigenvalue weighted by atomic mass is 19.1. The molecule has 0 saturated carbocycles. The van der Waals surface area contributed by atoms with Crippen molar-refractivity contribution in [1.82, 2.24) is 25.3 Å². The van der Waals surface area contributed by atoms with E-state index in [9.17, 15) is 9.18 Å². The van der Waals surface area contributed by atoms with Crippen LogP contribution in [-0.4, -0.2) is 52.0 Å². The molecule has 0 unspecified atom stereocenters. The van der Waals surface area contributed by atoms with Gasteiger partial charge in [-0.3, -0.25) is 14.6 Å². The van der Waals surface area contributed by atoms with Crippen LogP contribution in [0.4, 0.5) is 4.39 Å². The highest BCUT2D eigenvalue weighted by molar-refractivity contribution is 5.78. The van der Waals surface area contributed by atoms with E-state index < -0.39 is 0 Å². The van der Waals surface area contributed by atoms with Crippen LogP contribution in [0.25, 0.3) is 11.4 Å². The Morgan fingerprint density at radius 1 is 0.944 bits per heavy atom. The first-order valence-electron chi connectivity index (χ1n) is 13.0. The summed E-state index contributed by atoms with van der Waals surface area (Å²) in [7, 11) is 0. The summed E-state index contributed by atoms with van der Waals surface area (Å²) in [5.41, 5.74) is 3.20. The minimum atomic E-state index is -0.296. The van der Waals surface area contributed by atoms with Crippen LogP contribution >= 0.6 is 0 Å². The Morgan fingerprint density at radius 2 is 1.67 bits per heavy atom. The molecule has 1 aromatic heterocycles. The molecule has 8 heteroatoms. The fourth-order valence-corrected chi connectivity index (χ4v) is 5.13. The Balaban J connectivity index is 1.06. The molecule has 0 radical (unpaired) electrons. The van der Waals surface area contributed by atoms with Gasteiger partial charge in [0.15, 0.2) is 0 Å². The molecule has 5 rings (SSSR count). The first-order valence-corrected chi connectivity index (χ1v) is 13.0. The van der Waals surface area contributed by atoms with Gasteiger partial charge in [-0.05, 0) is 87.3 Å². The fourth-order valence-electron chi connectivity index (χ4n) is 5.13. The molecule has 2 aliphatic heterocycles. The van der Waals surface area contributed by atoms with Gasteiger partial charge in [-0.25, -0.2) is 4.39 Å². The zero-order chi connectivity index (χ0) is 24.7. The molecule has 0 atom stereocenters. The van der Waals surface area contributed by atoms with Crippen molar-refractivity contribution < 1.29 is 13.7 Å². The summed E-state index contributed by atoms with van der Waals surface area (Å²) >= 11 is 0. The van der Waals surface area contributed by atoms with Crippen LogP contribution in [0.15, 0.2) is 53.1 Å². The van der Waals surface area contributed by atoms with Gasteiger partial charge in [0, 0.05) is 24.6 Å². The lowest BCUT2D eigenvalue weighted by molar-refractivity contribution is -0.126. The highest BCUT2D eigenvalue weighted by Crippen LogP contribution is 2.21. The van der Waals surface area contributed by atoms with Crippen LogP contribution in [0.3, 0.4) is 0 Å². The lowest BCUT2D eigenvalue weighted by Gasteiger charge is -2.30. The number of amides is 1. The third-order valence-electron chi connectivity index (χ3n) is 7.20. The van der Waals surface area contributed by atoms with Crippen molar-refractivity contribution in [2.75, 3.05) is 26.2 Å². The molecule has 0 aliphatic carbocycles. The third kappa shape index (κ3) is 6.56. The Kier molecular flexibility index (Phi) is 8.03. The van der Waals surface area contributed by atoms with E-state index in [0.29, 0.717) is 24.8 Å². The molecule has 0 spiro atoms. The number of carbonyl (C=O) groups excluding carboxylic acids is 1. The maximum atomic E-state index is 13.1. The number of nitrogens with zero attached hydrogens (tertiary/aromatic N) is 4. The van der Waals surface area contributed by atoms with E-state index in [1.54, 1.807) is 12.1 Å². The number of aromatic nitrogens is 2. The number of benzene rings is 2. The van der Waals surface area contributed by atoms with E-state index in [4.69, 9.17) is 4.52 Å². The van der Waals surface area contributed by atoms with Gasteiger partial charge in [-0.2, -0.15) is 4.98 Å². The summed E-state index contributed by atoms with van der Waals surface area (Å²) in [4.78, 5) is 22.0. The molecule has 2 aromatic carbocycles. The molecule has 190 valence electrons. The number of hydrogen-bond acceptors (Lipinski definition) is 6. The number of hydrogen-bond donors (Lipinski definition) is 1. The smallest absolute Gasteiger partial charge is 0.241 e. The van der Waals surface area contributed by atoms with E-state index >= 15 is 0 Å². The van der Waals surface area contributed by atoms with Crippen LogP contribution in [0, 0.1) is 11.7 Å². The standard InChI is InChI=1S/C28H34FN5O2/c29-25-9-7-23(8-10-25)27-31-26(36-32-27)20-34-15-11-24(12-16-34)28(35)30-18-21-5-4-6-22(17-21)19-33-13-2-1-3-14-33/h4-10,17,24H,1-3,11-16,18-20H2,(H,30,35). The second-order valence-corrected chi connectivity index (χ2v) is 9.94. The third-order valence-corrected chi connectivity index (χ3v) is 7.20. The molecule has 36 heavy (non-hydrogen) atoms. The largest absolute Gasteiger partial charge is 0.352 e. The van der Waals surface area contributed by atoms with Gasteiger partial charge >= 0.3 is 0 Å². The first-order chi connectivity index (χ1) is 17.6. The van der Waals surface area contributed by atoms with Crippen molar-refractivity contribution in [1.29, 1.82) is 0 Å². The van der Waals surface area contributed by atoms with Crippen LogP contribution in [0.2, 0.25) is 0 Å². The van der Waals surface area contributed by atoms with Gasteiger partial charge in [0.2, 0.25) is 17.6 Å². The molecular formula is C28H34FN5O2. The van der Waals surface area contributed by atoms with Gasteiger partial charge < -0.3 is 9.84 Å². The molecule has 2 fully saturated rings. The van der Waals surface area contributed by atoms with Gasteiger partial charge in [-0.15, -0.1) is 0 Å². The lowest BCUT2D eigenvalue weighted by atomic mass is 9.96. The van der Waals surface area contributed by atoms with Gasteiger partial charge in [0.25, 0.3) is 0 Å². The van der Waals surface area contributed by atoms with Crippen molar-refractivity contribution in [3.05, 3.63) is 71.4 Å². The Bertz CT molecular complexity index is 1130. The molecule has 3 heterocycles. The van der Waals surface area contributed by atoms with Crippen LogP contribution in [0.5, 0.6) is 0 Å². The summed E-state index contributed by atoms with van der Waals surface area (Å²) < 4.78 is 18.5.